The Hall–Kier alpha value is -4.09. The quantitative estimate of drug-likeness (QED) is 0.144. The molecule has 0 heterocycles. The van der Waals surface area contributed by atoms with Crippen LogP contribution in [0.15, 0.2) is 83.8 Å². The van der Waals surface area contributed by atoms with Crippen LogP contribution in [0.4, 0.5) is 0 Å². The van der Waals surface area contributed by atoms with Gasteiger partial charge in [0.2, 0.25) is 0 Å². The predicted molar refractivity (Wildman–Crippen MR) is 206 cm³/mol. The van der Waals surface area contributed by atoms with E-state index in [4.69, 9.17) is 0 Å². The van der Waals surface area contributed by atoms with Crippen molar-refractivity contribution in [1.82, 2.24) is 0 Å². The fourth-order valence-corrected chi connectivity index (χ4v) is 5.10. The fraction of sp³-hybridized carbons (Fsp3) is 0.348. The van der Waals surface area contributed by atoms with Crippen molar-refractivity contribution >= 4 is 12.6 Å². The molecular formula is C46H50S. The standard InChI is InChI=1S/C46H50S/c1-43(2,3)38-26-36(27-39(30-38)44(4,5)6)17-15-34-23-33(14-13-32-19-21-42(47)22-20-32)24-35(25-34)16-18-37-28-40(45(7,8)9)31-41(29-37)46(10,11)12/h19-31,47H,1-12H3. The number of benzene rings is 4. The monoisotopic (exact) mass is 634 g/mol. The maximum atomic E-state index is 4.41. The van der Waals surface area contributed by atoms with Gasteiger partial charge in [0.15, 0.2) is 0 Å². The van der Waals surface area contributed by atoms with Gasteiger partial charge in [-0.05, 0) is 111 Å². The average molecular weight is 635 g/mol. The third kappa shape index (κ3) is 10.2. The molecule has 0 bridgehead atoms. The van der Waals surface area contributed by atoms with Gasteiger partial charge in [-0.15, -0.1) is 12.6 Å². The van der Waals surface area contributed by atoms with E-state index >= 15 is 0 Å². The van der Waals surface area contributed by atoms with Gasteiger partial charge in [0.1, 0.15) is 0 Å². The second kappa shape index (κ2) is 13.6. The minimum absolute atomic E-state index is 0.0261. The largest absolute Gasteiger partial charge is 0.143 e. The van der Waals surface area contributed by atoms with Gasteiger partial charge in [0.05, 0.1) is 0 Å². The van der Waals surface area contributed by atoms with Gasteiger partial charge < -0.3 is 0 Å². The van der Waals surface area contributed by atoms with Crippen LogP contribution in [-0.2, 0) is 21.7 Å². The minimum atomic E-state index is 0.0261. The molecule has 0 radical (unpaired) electrons. The Morgan fingerprint density at radius 3 is 0.809 bits per heavy atom. The van der Waals surface area contributed by atoms with Gasteiger partial charge >= 0.3 is 0 Å². The highest BCUT2D eigenvalue weighted by atomic mass is 32.1. The third-order valence-electron chi connectivity index (χ3n) is 8.18. The van der Waals surface area contributed by atoms with E-state index in [9.17, 15) is 0 Å². The van der Waals surface area contributed by atoms with Gasteiger partial charge in [0.25, 0.3) is 0 Å². The Kier molecular flexibility index (Phi) is 10.3. The summed E-state index contributed by atoms with van der Waals surface area (Å²) in [7, 11) is 0. The van der Waals surface area contributed by atoms with E-state index in [2.05, 4.69) is 186 Å². The maximum Gasteiger partial charge on any atom is 0.0273 e. The van der Waals surface area contributed by atoms with Crippen LogP contribution >= 0.6 is 12.6 Å². The first kappa shape index (κ1) is 35.8. The van der Waals surface area contributed by atoms with Crippen LogP contribution in [0.1, 0.15) is 139 Å². The predicted octanol–water partition coefficient (Wildman–Crippen LogP) is 11.4. The summed E-state index contributed by atoms with van der Waals surface area (Å²) in [4.78, 5) is 0.917. The molecule has 0 nitrogen and oxygen atoms in total. The topological polar surface area (TPSA) is 0 Å². The Morgan fingerprint density at radius 2 is 0.553 bits per heavy atom. The molecule has 0 N–H and O–H groups in total. The summed E-state index contributed by atoms with van der Waals surface area (Å²) in [5, 5.41) is 0. The lowest BCUT2D eigenvalue weighted by molar-refractivity contribution is 0.567. The van der Waals surface area contributed by atoms with E-state index < -0.39 is 0 Å². The molecule has 0 amide bonds. The average Bonchev–Trinajstić information content (AvgIpc) is 2.96. The molecular weight excluding hydrogens is 585 g/mol. The van der Waals surface area contributed by atoms with E-state index in [0.717, 1.165) is 38.3 Å². The van der Waals surface area contributed by atoms with E-state index in [1.54, 1.807) is 0 Å². The van der Waals surface area contributed by atoms with Crippen LogP contribution in [0.3, 0.4) is 0 Å². The van der Waals surface area contributed by atoms with E-state index in [1.807, 2.05) is 24.3 Å². The lowest BCUT2D eigenvalue weighted by Gasteiger charge is -2.25. The molecule has 0 aromatic heterocycles. The molecule has 0 fully saturated rings. The Labute approximate surface area is 291 Å². The van der Waals surface area contributed by atoms with Crippen molar-refractivity contribution < 1.29 is 0 Å². The van der Waals surface area contributed by atoms with Crippen LogP contribution in [0.5, 0.6) is 0 Å². The highest BCUT2D eigenvalue weighted by Crippen LogP contribution is 2.31. The molecule has 0 saturated heterocycles. The molecule has 4 aromatic carbocycles. The summed E-state index contributed by atoms with van der Waals surface area (Å²) in [5.41, 5.74) is 10.9. The van der Waals surface area contributed by atoms with Crippen molar-refractivity contribution in [3.05, 3.63) is 134 Å². The van der Waals surface area contributed by atoms with Crippen LogP contribution < -0.4 is 0 Å². The first-order valence-electron chi connectivity index (χ1n) is 16.5. The zero-order valence-electron chi connectivity index (χ0n) is 30.5. The molecule has 0 aliphatic rings. The zero-order valence-corrected chi connectivity index (χ0v) is 31.3. The normalized spacial score (nSPS) is 11.9. The summed E-state index contributed by atoms with van der Waals surface area (Å²) in [6.07, 6.45) is 0. The molecule has 47 heavy (non-hydrogen) atoms. The van der Waals surface area contributed by atoms with Crippen molar-refractivity contribution in [2.75, 3.05) is 0 Å². The number of thiol groups is 1. The van der Waals surface area contributed by atoms with Gasteiger partial charge in [-0.25, -0.2) is 0 Å². The Bertz CT molecular complexity index is 1780. The summed E-state index contributed by atoms with van der Waals surface area (Å²) >= 11 is 4.41. The fourth-order valence-electron chi connectivity index (χ4n) is 4.95. The van der Waals surface area contributed by atoms with E-state index in [1.165, 1.54) is 22.3 Å². The summed E-state index contributed by atoms with van der Waals surface area (Å²) in [6, 6.07) is 27.7. The number of hydrogen-bond donors (Lipinski definition) is 1. The number of hydrogen-bond acceptors (Lipinski definition) is 1. The van der Waals surface area contributed by atoms with Crippen LogP contribution in [0, 0.1) is 35.5 Å². The highest BCUT2D eigenvalue weighted by Gasteiger charge is 2.21. The summed E-state index contributed by atoms with van der Waals surface area (Å²) in [6.45, 7) is 27.1. The second-order valence-corrected chi connectivity index (χ2v) is 17.2. The zero-order chi connectivity index (χ0) is 34.8. The Balaban J connectivity index is 1.85. The molecule has 1 heteroatoms. The van der Waals surface area contributed by atoms with Crippen molar-refractivity contribution in [3.63, 3.8) is 0 Å². The molecule has 0 aliphatic carbocycles. The molecule has 0 spiro atoms. The van der Waals surface area contributed by atoms with Gasteiger partial charge in [-0.2, -0.15) is 0 Å². The molecule has 0 aliphatic heterocycles. The summed E-state index contributed by atoms with van der Waals surface area (Å²) in [5.74, 6) is 20.6. The first-order valence-corrected chi connectivity index (χ1v) is 16.9. The van der Waals surface area contributed by atoms with Crippen molar-refractivity contribution in [2.45, 2.75) is 110 Å². The molecule has 4 rings (SSSR count). The second-order valence-electron chi connectivity index (χ2n) is 16.7. The van der Waals surface area contributed by atoms with Crippen molar-refractivity contribution in [2.24, 2.45) is 0 Å². The molecule has 4 aromatic rings. The smallest absolute Gasteiger partial charge is 0.0273 e. The van der Waals surface area contributed by atoms with Crippen molar-refractivity contribution in [3.8, 4) is 35.5 Å². The SMILES string of the molecule is CC(C)(C)c1cc(C#Cc2cc(C#Cc3ccc(S)cc3)cc(C#Cc3cc(C(C)(C)C)cc(C(C)(C)C)c3)c2)cc(C(C)(C)C)c1. The molecule has 0 atom stereocenters. The maximum absolute atomic E-state index is 4.41. The minimum Gasteiger partial charge on any atom is -0.143 e. The molecule has 0 saturated carbocycles. The first-order chi connectivity index (χ1) is 21.7. The van der Waals surface area contributed by atoms with E-state index in [-0.39, 0.29) is 21.7 Å². The van der Waals surface area contributed by atoms with Gasteiger partial charge in [-0.3, -0.25) is 0 Å². The summed E-state index contributed by atoms with van der Waals surface area (Å²) < 4.78 is 0. The lowest BCUT2D eigenvalue weighted by atomic mass is 9.79. The molecule has 240 valence electrons. The van der Waals surface area contributed by atoms with Gasteiger partial charge in [0, 0.05) is 38.3 Å². The number of rotatable bonds is 0. The Morgan fingerprint density at radius 1 is 0.319 bits per heavy atom. The highest BCUT2D eigenvalue weighted by molar-refractivity contribution is 7.80. The lowest BCUT2D eigenvalue weighted by Crippen LogP contribution is -2.16. The van der Waals surface area contributed by atoms with Crippen molar-refractivity contribution in [1.29, 1.82) is 0 Å². The molecule has 0 unspecified atom stereocenters. The van der Waals surface area contributed by atoms with E-state index in [0.29, 0.717) is 0 Å². The van der Waals surface area contributed by atoms with Crippen LogP contribution in [0.25, 0.3) is 0 Å². The third-order valence-corrected chi connectivity index (χ3v) is 8.48. The van der Waals surface area contributed by atoms with Crippen LogP contribution in [0.2, 0.25) is 0 Å². The van der Waals surface area contributed by atoms with Crippen LogP contribution in [-0.4, -0.2) is 0 Å². The van der Waals surface area contributed by atoms with Gasteiger partial charge in [-0.1, -0.05) is 131 Å².